The zero-order valence-electron chi connectivity index (χ0n) is 33.6. The molecule has 0 amide bonds. The summed E-state index contributed by atoms with van der Waals surface area (Å²) in [4.78, 5) is 6.74. The highest BCUT2D eigenvalue weighted by atomic mass is 32.2. The van der Waals surface area contributed by atoms with E-state index < -0.39 is 11.6 Å². The summed E-state index contributed by atoms with van der Waals surface area (Å²) in [5.41, 5.74) is 19.1. The fourth-order valence-corrected chi connectivity index (χ4v) is 12.1. The molecule has 4 heterocycles. The number of halogens is 2. The number of aryl methyl sites for hydroxylation is 1. The average molecular weight is 815 g/mol. The molecule has 9 aromatic rings. The Morgan fingerprint density at radius 2 is 0.871 bits per heavy atom. The predicted octanol–water partition coefficient (Wildman–Crippen LogP) is 10.7. The Hall–Kier alpha value is -7.08. The van der Waals surface area contributed by atoms with Crippen molar-refractivity contribution in [2.24, 2.45) is 0 Å². The second kappa shape index (κ2) is 13.5. The Morgan fingerprint density at radius 1 is 0.403 bits per heavy atom. The summed E-state index contributed by atoms with van der Waals surface area (Å²) in [5.74, 6) is -1.17. The molecule has 9 aromatic carbocycles. The number of hydrogen-bond acceptors (Lipinski definition) is 3. The normalized spacial score (nSPS) is 13.5. The number of hydrogen-bond donors (Lipinski definition) is 0. The van der Waals surface area contributed by atoms with E-state index in [0.717, 1.165) is 88.0 Å². The van der Waals surface area contributed by atoms with Crippen molar-refractivity contribution < 1.29 is 8.78 Å². The van der Waals surface area contributed by atoms with Crippen LogP contribution in [-0.4, -0.2) is 13.4 Å². The Kier molecular flexibility index (Phi) is 7.74. The smallest absolute Gasteiger partial charge is 0.252 e. The molecule has 0 atom stereocenters. The van der Waals surface area contributed by atoms with Gasteiger partial charge in [0.1, 0.15) is 11.6 Å². The third-order valence-electron chi connectivity index (χ3n) is 13.3. The Labute approximate surface area is 364 Å². The van der Waals surface area contributed by atoms with Gasteiger partial charge >= 0.3 is 0 Å². The van der Waals surface area contributed by atoms with E-state index >= 15 is 8.78 Å². The molecule has 4 aliphatic rings. The first-order valence-corrected chi connectivity index (χ1v) is 21.9. The lowest BCUT2D eigenvalue weighted by Crippen LogP contribution is -2.68. The molecule has 290 valence electrons. The number of fused-ring (bicyclic) bond motifs is 10. The Balaban J connectivity index is 1.18. The van der Waals surface area contributed by atoms with E-state index in [1.807, 2.05) is 0 Å². The summed E-state index contributed by atoms with van der Waals surface area (Å²) in [6.45, 7) is 1.74. The lowest BCUT2D eigenvalue weighted by molar-refractivity contribution is 0.589. The van der Waals surface area contributed by atoms with Crippen LogP contribution in [0.25, 0.3) is 33.4 Å². The van der Waals surface area contributed by atoms with Crippen LogP contribution >= 0.6 is 11.8 Å². The minimum Gasteiger partial charge on any atom is -0.312 e. The predicted molar refractivity (Wildman–Crippen MR) is 257 cm³/mol. The summed E-state index contributed by atoms with van der Waals surface area (Å²) in [6.07, 6.45) is 0. The van der Waals surface area contributed by atoms with Crippen molar-refractivity contribution in [2.45, 2.75) is 16.7 Å². The molecule has 0 radical (unpaired) electrons. The van der Waals surface area contributed by atoms with E-state index in [4.69, 9.17) is 0 Å². The van der Waals surface area contributed by atoms with Crippen molar-refractivity contribution in [2.75, 3.05) is 9.80 Å². The molecule has 0 aromatic heterocycles. The van der Waals surface area contributed by atoms with Gasteiger partial charge in [-0.2, -0.15) is 0 Å². The maximum atomic E-state index is 17.0. The van der Waals surface area contributed by atoms with Crippen LogP contribution in [0.15, 0.2) is 198 Å². The summed E-state index contributed by atoms with van der Waals surface area (Å²) >= 11 is 1.64. The second-order valence-electron chi connectivity index (χ2n) is 16.6. The topological polar surface area (TPSA) is 6.48 Å². The van der Waals surface area contributed by atoms with Gasteiger partial charge in [0, 0.05) is 43.7 Å². The molecule has 0 saturated carbocycles. The SMILES string of the molecule is Cc1ccc(-c2ccc(-c3ccccc3N3c4ccccc4B4c5ccccc5N5c6ccccc6B6c7ccccc7Sc7c6c5c4c3c7-c3c(F)cccc3F)cc2)cc1. The van der Waals surface area contributed by atoms with Gasteiger partial charge in [-0.1, -0.05) is 168 Å². The molecule has 62 heavy (non-hydrogen) atoms. The molecule has 0 bridgehead atoms. The number of benzene rings is 9. The molecule has 0 fully saturated rings. The van der Waals surface area contributed by atoms with Crippen LogP contribution in [0.2, 0.25) is 0 Å². The van der Waals surface area contributed by atoms with Crippen molar-refractivity contribution in [3.05, 3.63) is 205 Å². The first kappa shape index (κ1) is 35.7. The van der Waals surface area contributed by atoms with Crippen LogP contribution in [0.4, 0.5) is 42.9 Å². The third kappa shape index (κ3) is 4.94. The Morgan fingerprint density at radius 3 is 1.48 bits per heavy atom. The Bertz CT molecular complexity index is 3320. The maximum Gasteiger partial charge on any atom is 0.252 e. The molecule has 0 aliphatic carbocycles. The van der Waals surface area contributed by atoms with Crippen LogP contribution in [0.3, 0.4) is 0 Å². The van der Waals surface area contributed by atoms with Crippen molar-refractivity contribution in [3.63, 3.8) is 0 Å². The first-order chi connectivity index (χ1) is 30.5. The van der Waals surface area contributed by atoms with Gasteiger partial charge in [-0.05, 0) is 93.4 Å². The highest BCUT2D eigenvalue weighted by Crippen LogP contribution is 2.55. The fraction of sp³-hybridized carbons (Fsp3) is 0.0182. The van der Waals surface area contributed by atoms with Crippen LogP contribution in [-0.2, 0) is 0 Å². The van der Waals surface area contributed by atoms with E-state index in [1.165, 1.54) is 34.7 Å². The summed E-state index contributed by atoms with van der Waals surface area (Å²) in [5, 5.41) is 0. The molecule has 0 unspecified atom stereocenters. The largest absolute Gasteiger partial charge is 0.312 e. The van der Waals surface area contributed by atoms with E-state index in [9.17, 15) is 0 Å². The lowest BCUT2D eigenvalue weighted by Gasteiger charge is -2.50. The van der Waals surface area contributed by atoms with Gasteiger partial charge in [-0.15, -0.1) is 0 Å². The third-order valence-corrected chi connectivity index (χ3v) is 14.6. The van der Waals surface area contributed by atoms with E-state index in [0.29, 0.717) is 5.56 Å². The van der Waals surface area contributed by atoms with Gasteiger partial charge in [0.2, 0.25) is 6.71 Å². The van der Waals surface area contributed by atoms with Crippen molar-refractivity contribution in [1.82, 2.24) is 0 Å². The monoisotopic (exact) mass is 814 g/mol. The van der Waals surface area contributed by atoms with Crippen molar-refractivity contribution in [1.29, 1.82) is 0 Å². The maximum absolute atomic E-state index is 17.0. The lowest BCUT2D eigenvalue weighted by atomic mass is 9.29. The van der Waals surface area contributed by atoms with Crippen LogP contribution < -0.4 is 42.6 Å². The molecule has 0 spiro atoms. The molecule has 2 nitrogen and oxygen atoms in total. The molecule has 4 aliphatic heterocycles. The standard InChI is InChI=1S/C55H34B2F2N2S/c1-33-25-27-34(28-26-33)35-29-31-36(32-30-35)37-13-2-7-20-44(37)60-45-21-8-3-14-38(45)56-39-15-4-9-22-46(39)61-47-23-10-5-16-40(47)57-41-17-6-11-24-48(41)62-55-50(49-42(58)18-12-19-43(49)59)53(60)51(56)54(61)52(55)57/h2-32H,1H3. The number of para-hydroxylation sites is 4. The number of anilines is 6. The van der Waals surface area contributed by atoms with E-state index in [2.05, 4.69) is 187 Å². The fourth-order valence-electron chi connectivity index (χ4n) is 10.8. The minimum atomic E-state index is -0.583. The highest BCUT2D eigenvalue weighted by Gasteiger charge is 2.52. The van der Waals surface area contributed by atoms with Crippen LogP contribution in [0.1, 0.15) is 5.56 Å². The van der Waals surface area contributed by atoms with Gasteiger partial charge in [-0.25, -0.2) is 8.78 Å². The van der Waals surface area contributed by atoms with Crippen LogP contribution in [0, 0.1) is 18.6 Å². The molecule has 0 N–H and O–H groups in total. The molecule has 7 heteroatoms. The summed E-state index contributed by atoms with van der Waals surface area (Å²) in [6, 6.07) is 64.8. The van der Waals surface area contributed by atoms with E-state index in [-0.39, 0.29) is 19.0 Å². The molecular formula is C55H34B2F2N2S. The average Bonchev–Trinajstić information content (AvgIpc) is 3.32. The molecular weight excluding hydrogens is 780 g/mol. The first-order valence-electron chi connectivity index (χ1n) is 21.1. The van der Waals surface area contributed by atoms with Crippen molar-refractivity contribution >= 4 is 92.1 Å². The quantitative estimate of drug-likeness (QED) is 0.164. The zero-order chi connectivity index (χ0) is 41.2. The zero-order valence-corrected chi connectivity index (χ0v) is 34.4. The van der Waals surface area contributed by atoms with Crippen LogP contribution in [0.5, 0.6) is 0 Å². The van der Waals surface area contributed by atoms with Gasteiger partial charge in [-0.3, -0.25) is 0 Å². The highest BCUT2D eigenvalue weighted by molar-refractivity contribution is 8.00. The van der Waals surface area contributed by atoms with Gasteiger partial charge < -0.3 is 9.80 Å². The molecule has 0 saturated heterocycles. The number of nitrogens with zero attached hydrogens (tertiary/aromatic N) is 2. The van der Waals surface area contributed by atoms with E-state index in [1.54, 1.807) is 11.8 Å². The molecule has 13 rings (SSSR count). The second-order valence-corrected chi connectivity index (χ2v) is 17.7. The van der Waals surface area contributed by atoms with Crippen molar-refractivity contribution in [3.8, 4) is 33.4 Å². The summed E-state index contributed by atoms with van der Waals surface area (Å²) in [7, 11) is 0. The van der Waals surface area contributed by atoms with Gasteiger partial charge in [0.25, 0.3) is 6.71 Å². The summed E-state index contributed by atoms with van der Waals surface area (Å²) < 4.78 is 34.0. The van der Waals surface area contributed by atoms with Gasteiger partial charge in [0.15, 0.2) is 0 Å². The van der Waals surface area contributed by atoms with Gasteiger partial charge in [0.05, 0.1) is 16.9 Å². The minimum absolute atomic E-state index is 0.00508. The number of rotatable bonds is 4.